The molecule has 1 aliphatic carbocycles. The van der Waals surface area contributed by atoms with Gasteiger partial charge in [0.2, 0.25) is 17.7 Å². The lowest BCUT2D eigenvalue weighted by molar-refractivity contribution is -0.152. The molecule has 1 aliphatic heterocycles. The molecule has 2 aliphatic rings. The lowest BCUT2D eigenvalue weighted by Gasteiger charge is -2.38. The van der Waals surface area contributed by atoms with Gasteiger partial charge >= 0.3 is 0 Å². The molecular formula is C14H22F2N2O3. The van der Waals surface area contributed by atoms with Gasteiger partial charge in [-0.3, -0.25) is 9.59 Å². The summed E-state index contributed by atoms with van der Waals surface area (Å²) in [6.07, 6.45) is 0.899. The fraction of sp³-hybridized carbons (Fsp3) is 0.857. The third-order valence-electron chi connectivity index (χ3n) is 4.66. The first-order valence-corrected chi connectivity index (χ1v) is 7.30. The number of nitrogens with zero attached hydrogens (tertiary/aromatic N) is 1. The highest BCUT2D eigenvalue weighted by Gasteiger charge is 2.50. The van der Waals surface area contributed by atoms with Gasteiger partial charge in [-0.15, -0.1) is 0 Å². The van der Waals surface area contributed by atoms with E-state index in [9.17, 15) is 18.4 Å². The third-order valence-corrected chi connectivity index (χ3v) is 4.66. The molecule has 1 heterocycles. The molecule has 0 aromatic rings. The van der Waals surface area contributed by atoms with Crippen molar-refractivity contribution in [3.8, 4) is 0 Å². The minimum atomic E-state index is -2.67. The maximum atomic E-state index is 13.2. The number of halogens is 2. The highest BCUT2D eigenvalue weighted by Crippen LogP contribution is 2.39. The van der Waals surface area contributed by atoms with Gasteiger partial charge < -0.3 is 15.4 Å². The number of amides is 2. The molecule has 1 saturated heterocycles. The molecule has 120 valence electrons. The predicted molar refractivity (Wildman–Crippen MR) is 71.7 cm³/mol. The van der Waals surface area contributed by atoms with Gasteiger partial charge in [-0.05, 0) is 25.7 Å². The normalized spacial score (nSPS) is 29.6. The van der Waals surface area contributed by atoms with Crippen molar-refractivity contribution in [1.82, 2.24) is 4.90 Å². The summed E-state index contributed by atoms with van der Waals surface area (Å²) in [5.74, 6) is -3.94. The molecule has 2 N–H and O–H groups in total. The highest BCUT2D eigenvalue weighted by molar-refractivity contribution is 5.92. The van der Waals surface area contributed by atoms with Crippen LogP contribution in [0.5, 0.6) is 0 Å². The Balaban J connectivity index is 2.12. The van der Waals surface area contributed by atoms with Crippen molar-refractivity contribution in [2.75, 3.05) is 20.3 Å². The Morgan fingerprint density at radius 2 is 1.90 bits per heavy atom. The summed E-state index contributed by atoms with van der Waals surface area (Å²) in [5, 5.41) is 0. The van der Waals surface area contributed by atoms with E-state index in [1.165, 1.54) is 12.0 Å². The van der Waals surface area contributed by atoms with Crippen LogP contribution in [0, 0.1) is 5.92 Å². The Hall–Kier alpha value is -1.24. The molecule has 0 bridgehead atoms. The van der Waals surface area contributed by atoms with Gasteiger partial charge in [0.05, 0.1) is 6.61 Å². The number of alkyl halides is 2. The summed E-state index contributed by atoms with van der Waals surface area (Å²) < 4.78 is 31.5. The van der Waals surface area contributed by atoms with E-state index >= 15 is 0 Å². The number of primary amides is 1. The number of rotatable bonds is 4. The van der Waals surface area contributed by atoms with Gasteiger partial charge in [0.25, 0.3) is 0 Å². The minimum absolute atomic E-state index is 0.0525. The molecule has 0 radical (unpaired) electrons. The molecule has 1 unspecified atom stereocenters. The van der Waals surface area contributed by atoms with E-state index in [-0.39, 0.29) is 38.2 Å². The molecule has 5 nitrogen and oxygen atoms in total. The van der Waals surface area contributed by atoms with Crippen LogP contribution in [0.4, 0.5) is 8.78 Å². The van der Waals surface area contributed by atoms with E-state index in [2.05, 4.69) is 0 Å². The van der Waals surface area contributed by atoms with Crippen LogP contribution in [0.1, 0.15) is 38.5 Å². The van der Waals surface area contributed by atoms with Crippen LogP contribution in [0.15, 0.2) is 0 Å². The van der Waals surface area contributed by atoms with Gasteiger partial charge in [-0.1, -0.05) is 0 Å². The number of carbonyl (C=O) groups is 2. The molecule has 7 heteroatoms. The zero-order valence-corrected chi connectivity index (χ0v) is 12.2. The second-order valence-electron chi connectivity index (χ2n) is 6.05. The second-order valence-corrected chi connectivity index (χ2v) is 6.05. The molecule has 2 rings (SSSR count). The quantitative estimate of drug-likeness (QED) is 0.851. The van der Waals surface area contributed by atoms with Crippen molar-refractivity contribution in [3.05, 3.63) is 0 Å². The SMILES string of the molecule is COCC1(C(N)=O)CCCN1C(=O)C1CCC(F)(F)CC1. The van der Waals surface area contributed by atoms with Crippen molar-refractivity contribution >= 4 is 11.8 Å². The van der Waals surface area contributed by atoms with Crippen LogP contribution < -0.4 is 5.73 Å². The van der Waals surface area contributed by atoms with Gasteiger partial charge in [-0.25, -0.2) is 8.78 Å². The van der Waals surface area contributed by atoms with Crippen molar-refractivity contribution in [2.24, 2.45) is 11.7 Å². The molecule has 0 aromatic carbocycles. The molecule has 1 atom stereocenters. The van der Waals surface area contributed by atoms with Crippen molar-refractivity contribution < 1.29 is 23.1 Å². The van der Waals surface area contributed by atoms with E-state index in [0.717, 1.165) is 0 Å². The second kappa shape index (κ2) is 5.87. The summed E-state index contributed by atoms with van der Waals surface area (Å²) >= 11 is 0. The fourth-order valence-electron chi connectivity index (χ4n) is 3.42. The number of carbonyl (C=O) groups excluding carboxylic acids is 2. The van der Waals surface area contributed by atoms with Gasteiger partial charge in [0.15, 0.2) is 0 Å². The number of nitrogens with two attached hydrogens (primary N) is 1. The van der Waals surface area contributed by atoms with Crippen molar-refractivity contribution in [1.29, 1.82) is 0 Å². The van der Waals surface area contributed by atoms with Crippen molar-refractivity contribution in [2.45, 2.75) is 50.0 Å². The van der Waals surface area contributed by atoms with E-state index < -0.39 is 23.3 Å². The largest absolute Gasteiger partial charge is 0.382 e. The Labute approximate surface area is 122 Å². The van der Waals surface area contributed by atoms with E-state index in [4.69, 9.17) is 10.5 Å². The number of ether oxygens (including phenoxy) is 1. The average Bonchev–Trinajstić information content (AvgIpc) is 2.83. The topological polar surface area (TPSA) is 72.6 Å². The van der Waals surface area contributed by atoms with Crippen LogP contribution in [-0.4, -0.2) is 48.4 Å². The third kappa shape index (κ3) is 3.02. The summed E-state index contributed by atoms with van der Waals surface area (Å²) in [6.45, 7) is 0.481. The summed E-state index contributed by atoms with van der Waals surface area (Å²) in [4.78, 5) is 25.9. The standard InChI is InChI=1S/C14H22F2N2O3/c1-21-9-13(12(17)20)5-2-8-18(13)11(19)10-3-6-14(15,16)7-4-10/h10H,2-9H2,1H3,(H2,17,20). The zero-order valence-electron chi connectivity index (χ0n) is 12.2. The number of hydrogen-bond donors (Lipinski definition) is 1. The van der Waals surface area contributed by atoms with Crippen LogP contribution in [0.25, 0.3) is 0 Å². The van der Waals surface area contributed by atoms with Crippen molar-refractivity contribution in [3.63, 3.8) is 0 Å². The van der Waals surface area contributed by atoms with Gasteiger partial charge in [0.1, 0.15) is 5.54 Å². The van der Waals surface area contributed by atoms with Crippen LogP contribution in [0.2, 0.25) is 0 Å². The first-order valence-electron chi connectivity index (χ1n) is 7.30. The number of methoxy groups -OCH3 is 1. The first kappa shape index (κ1) is 16.1. The molecular weight excluding hydrogens is 282 g/mol. The summed E-state index contributed by atoms with van der Waals surface area (Å²) in [5.41, 5.74) is 4.37. The van der Waals surface area contributed by atoms with Crippen LogP contribution >= 0.6 is 0 Å². The first-order chi connectivity index (χ1) is 9.82. The Kier molecular flexibility index (Phi) is 4.51. The minimum Gasteiger partial charge on any atom is -0.382 e. The Morgan fingerprint density at radius 1 is 1.29 bits per heavy atom. The van der Waals surface area contributed by atoms with E-state index in [1.54, 1.807) is 0 Å². The molecule has 2 amide bonds. The maximum Gasteiger partial charge on any atom is 0.248 e. The molecule has 2 fully saturated rings. The molecule has 0 spiro atoms. The maximum absolute atomic E-state index is 13.2. The number of hydrogen-bond acceptors (Lipinski definition) is 3. The van der Waals surface area contributed by atoms with Crippen LogP contribution in [-0.2, 0) is 14.3 Å². The fourth-order valence-corrected chi connectivity index (χ4v) is 3.42. The average molecular weight is 304 g/mol. The summed E-state index contributed by atoms with van der Waals surface area (Å²) in [7, 11) is 1.45. The van der Waals surface area contributed by atoms with Gasteiger partial charge in [0, 0.05) is 32.4 Å². The molecule has 0 aromatic heterocycles. The Morgan fingerprint density at radius 3 is 2.43 bits per heavy atom. The smallest absolute Gasteiger partial charge is 0.248 e. The predicted octanol–water partition coefficient (Wildman–Crippen LogP) is 1.30. The van der Waals surface area contributed by atoms with Gasteiger partial charge in [-0.2, -0.15) is 0 Å². The highest BCUT2D eigenvalue weighted by atomic mass is 19.3. The Bertz CT molecular complexity index is 420. The lowest BCUT2D eigenvalue weighted by atomic mass is 9.84. The molecule has 1 saturated carbocycles. The lowest BCUT2D eigenvalue weighted by Crippen LogP contribution is -2.60. The van der Waals surface area contributed by atoms with E-state index in [0.29, 0.717) is 19.4 Å². The molecule has 21 heavy (non-hydrogen) atoms. The monoisotopic (exact) mass is 304 g/mol. The van der Waals surface area contributed by atoms with Crippen LogP contribution in [0.3, 0.4) is 0 Å². The zero-order chi connectivity index (χ0) is 15.7. The number of likely N-dealkylation sites (tertiary alicyclic amines) is 1. The van der Waals surface area contributed by atoms with E-state index in [1.807, 2.05) is 0 Å². The summed E-state index contributed by atoms with van der Waals surface area (Å²) in [6, 6.07) is 0.